The van der Waals surface area contributed by atoms with Crippen molar-refractivity contribution in [2.75, 3.05) is 4.90 Å². The minimum absolute atomic E-state index is 0.476. The third-order valence-corrected chi connectivity index (χ3v) is 6.77. The number of hydrogen-bond acceptors (Lipinski definition) is 3. The van der Waals surface area contributed by atoms with E-state index < -0.39 is 5.97 Å². The molecule has 182 valence electrons. The number of rotatable bonds is 6. The molecule has 0 aliphatic rings. The Morgan fingerprint density at radius 2 is 1.35 bits per heavy atom. The van der Waals surface area contributed by atoms with Crippen LogP contribution >= 0.6 is 0 Å². The lowest BCUT2D eigenvalue weighted by Crippen LogP contribution is -2.12. The third kappa shape index (κ3) is 4.76. The van der Waals surface area contributed by atoms with E-state index in [-0.39, 0.29) is 0 Å². The van der Waals surface area contributed by atoms with Crippen LogP contribution in [0.1, 0.15) is 16.7 Å². The van der Waals surface area contributed by atoms with Gasteiger partial charge in [-0.2, -0.15) is 0 Å². The van der Waals surface area contributed by atoms with Gasteiger partial charge in [-0.05, 0) is 85.0 Å². The average Bonchev–Trinajstić information content (AvgIpc) is 2.92. The van der Waals surface area contributed by atoms with Gasteiger partial charge in [0.2, 0.25) is 0 Å². The molecule has 37 heavy (non-hydrogen) atoms. The summed E-state index contributed by atoms with van der Waals surface area (Å²) in [5.74, 6) is 0.0367. The van der Waals surface area contributed by atoms with E-state index in [0.717, 1.165) is 33.4 Å². The van der Waals surface area contributed by atoms with Gasteiger partial charge in [0.15, 0.2) is 0 Å². The summed E-state index contributed by atoms with van der Waals surface area (Å²) in [7, 11) is 0. The number of carbonyl (C=O) groups is 1. The molecular weight excluding hydrogens is 454 g/mol. The second-order valence-corrected chi connectivity index (χ2v) is 9.22. The maximum absolute atomic E-state index is 12.0. The number of nitrogens with zero attached hydrogens (tertiary/aromatic N) is 1. The van der Waals surface area contributed by atoms with Gasteiger partial charge in [-0.25, -0.2) is 4.79 Å². The van der Waals surface area contributed by atoms with Crippen molar-refractivity contribution in [2.24, 2.45) is 0 Å². The molecule has 0 N–H and O–H groups in total. The predicted octanol–water partition coefficient (Wildman–Crippen LogP) is 8.99. The van der Waals surface area contributed by atoms with Crippen molar-refractivity contribution in [1.29, 1.82) is 0 Å². The van der Waals surface area contributed by atoms with E-state index in [9.17, 15) is 4.79 Å². The molecule has 0 radical (unpaired) electrons. The highest BCUT2D eigenvalue weighted by molar-refractivity contribution is 6.03. The summed E-state index contributed by atoms with van der Waals surface area (Å²) >= 11 is 0. The van der Waals surface area contributed by atoms with E-state index in [1.54, 1.807) is 0 Å². The first-order valence-electron chi connectivity index (χ1n) is 12.4. The van der Waals surface area contributed by atoms with Crippen LogP contribution in [0.5, 0.6) is 5.75 Å². The number of esters is 1. The molecule has 5 aromatic carbocycles. The number of para-hydroxylation sites is 1. The zero-order chi connectivity index (χ0) is 25.9. The van der Waals surface area contributed by atoms with Crippen molar-refractivity contribution in [3.05, 3.63) is 132 Å². The number of benzene rings is 5. The molecule has 0 spiro atoms. The normalized spacial score (nSPS) is 10.8. The van der Waals surface area contributed by atoms with E-state index in [2.05, 4.69) is 92.9 Å². The number of anilines is 3. The Hall–Kier alpha value is -4.63. The highest BCUT2D eigenvalue weighted by Gasteiger charge is 2.19. The van der Waals surface area contributed by atoms with Crippen LogP contribution in [0.25, 0.3) is 21.9 Å². The molecule has 0 aliphatic carbocycles. The summed E-state index contributed by atoms with van der Waals surface area (Å²) in [4.78, 5) is 14.2. The summed E-state index contributed by atoms with van der Waals surface area (Å²) in [6.07, 6.45) is 1.18. The van der Waals surface area contributed by atoms with Crippen LogP contribution < -0.4 is 9.64 Å². The molecule has 0 aromatic heterocycles. The molecule has 3 heteroatoms. The maximum Gasteiger partial charge on any atom is 0.335 e. The molecule has 0 heterocycles. The Morgan fingerprint density at radius 3 is 2.05 bits per heavy atom. The molecule has 0 amide bonds. The SMILES string of the molecule is C=CC(=O)Oc1cccc2c(N(c3ccccc3)c3ccc(-c4ccc(C)c(C)c4)cc3C)cccc12. The van der Waals surface area contributed by atoms with Crippen LogP contribution in [-0.4, -0.2) is 5.97 Å². The molecule has 0 aliphatic heterocycles. The minimum Gasteiger partial charge on any atom is -0.423 e. The molecule has 0 saturated carbocycles. The molecule has 3 nitrogen and oxygen atoms in total. The minimum atomic E-state index is -0.476. The first-order chi connectivity index (χ1) is 18.0. The van der Waals surface area contributed by atoms with E-state index in [4.69, 9.17) is 4.74 Å². The molecule has 5 rings (SSSR count). The van der Waals surface area contributed by atoms with E-state index in [0.29, 0.717) is 5.75 Å². The van der Waals surface area contributed by atoms with Gasteiger partial charge >= 0.3 is 5.97 Å². The summed E-state index contributed by atoms with van der Waals surface area (Å²) in [5, 5.41) is 1.85. The quantitative estimate of drug-likeness (QED) is 0.137. The third-order valence-electron chi connectivity index (χ3n) is 6.77. The molecule has 0 atom stereocenters. The van der Waals surface area contributed by atoms with Gasteiger partial charge in [0.1, 0.15) is 5.75 Å². The largest absolute Gasteiger partial charge is 0.423 e. The van der Waals surface area contributed by atoms with Gasteiger partial charge in [-0.3, -0.25) is 0 Å². The molecule has 0 saturated heterocycles. The van der Waals surface area contributed by atoms with Crippen molar-refractivity contribution >= 4 is 33.8 Å². The Labute approximate surface area is 218 Å². The van der Waals surface area contributed by atoms with E-state index in [1.165, 1.54) is 28.3 Å². The highest BCUT2D eigenvalue weighted by Crippen LogP contribution is 2.42. The summed E-state index contributed by atoms with van der Waals surface area (Å²) in [6.45, 7) is 9.97. The van der Waals surface area contributed by atoms with Crippen molar-refractivity contribution in [1.82, 2.24) is 0 Å². The lowest BCUT2D eigenvalue weighted by atomic mass is 9.98. The summed E-state index contributed by atoms with van der Waals surface area (Å²) < 4.78 is 5.55. The highest BCUT2D eigenvalue weighted by atomic mass is 16.5. The van der Waals surface area contributed by atoms with Crippen molar-refractivity contribution < 1.29 is 9.53 Å². The lowest BCUT2D eigenvalue weighted by Gasteiger charge is -2.28. The second kappa shape index (κ2) is 10.2. The fourth-order valence-electron chi connectivity index (χ4n) is 4.69. The van der Waals surface area contributed by atoms with Crippen LogP contribution in [0, 0.1) is 20.8 Å². The van der Waals surface area contributed by atoms with Crippen molar-refractivity contribution in [3.63, 3.8) is 0 Å². The number of fused-ring (bicyclic) bond motifs is 1. The van der Waals surface area contributed by atoms with Gasteiger partial charge in [0.25, 0.3) is 0 Å². The van der Waals surface area contributed by atoms with Crippen molar-refractivity contribution in [2.45, 2.75) is 20.8 Å². The van der Waals surface area contributed by atoms with E-state index in [1.807, 2.05) is 42.5 Å². The van der Waals surface area contributed by atoms with E-state index >= 15 is 0 Å². The number of aryl methyl sites for hydroxylation is 3. The van der Waals surface area contributed by atoms with Gasteiger partial charge in [-0.15, -0.1) is 0 Å². The van der Waals surface area contributed by atoms with Gasteiger partial charge < -0.3 is 9.64 Å². The Balaban J connectivity index is 1.68. The van der Waals surface area contributed by atoms with Crippen LogP contribution in [0.15, 0.2) is 116 Å². The Morgan fingerprint density at radius 1 is 0.676 bits per heavy atom. The first kappa shape index (κ1) is 24.1. The number of hydrogen-bond donors (Lipinski definition) is 0. The van der Waals surface area contributed by atoms with Gasteiger partial charge in [-0.1, -0.05) is 73.3 Å². The molecule has 0 fully saturated rings. The molecule has 0 bridgehead atoms. The van der Waals surface area contributed by atoms with Gasteiger partial charge in [0, 0.05) is 28.2 Å². The Bertz CT molecular complexity index is 1620. The van der Waals surface area contributed by atoms with Crippen LogP contribution in [0.2, 0.25) is 0 Å². The van der Waals surface area contributed by atoms with Gasteiger partial charge in [0.05, 0.1) is 5.69 Å². The summed E-state index contributed by atoms with van der Waals surface area (Å²) in [6, 6.07) is 35.4. The standard InChI is InChI=1S/C34H29NO2/c1-5-34(36)37-33-16-10-13-29-30(33)14-9-15-32(29)35(28-11-7-6-8-12-28)31-20-19-27(22-25(31)4)26-18-17-23(2)24(3)21-26/h5-22H,1H2,2-4H3. The topological polar surface area (TPSA) is 29.5 Å². The monoisotopic (exact) mass is 483 g/mol. The summed E-state index contributed by atoms with van der Waals surface area (Å²) in [5.41, 5.74) is 9.27. The molecular formula is C34H29NO2. The van der Waals surface area contributed by atoms with Crippen LogP contribution in [0.3, 0.4) is 0 Å². The fourth-order valence-corrected chi connectivity index (χ4v) is 4.69. The van der Waals surface area contributed by atoms with Crippen molar-refractivity contribution in [3.8, 4) is 16.9 Å². The molecule has 0 unspecified atom stereocenters. The maximum atomic E-state index is 12.0. The second-order valence-electron chi connectivity index (χ2n) is 9.22. The predicted molar refractivity (Wildman–Crippen MR) is 154 cm³/mol. The average molecular weight is 484 g/mol. The molecule has 5 aromatic rings. The van der Waals surface area contributed by atoms with Crippen LogP contribution in [-0.2, 0) is 4.79 Å². The first-order valence-corrected chi connectivity index (χ1v) is 12.4. The lowest BCUT2D eigenvalue weighted by molar-refractivity contribution is -0.128. The number of carbonyl (C=O) groups excluding carboxylic acids is 1. The zero-order valence-corrected chi connectivity index (χ0v) is 21.4. The zero-order valence-electron chi connectivity index (χ0n) is 21.4. The smallest absolute Gasteiger partial charge is 0.335 e. The number of ether oxygens (including phenoxy) is 1. The Kier molecular flexibility index (Phi) is 6.61. The van der Waals surface area contributed by atoms with Crippen LogP contribution in [0.4, 0.5) is 17.1 Å². The fraction of sp³-hybridized carbons (Fsp3) is 0.0882.